The van der Waals surface area contributed by atoms with Crippen molar-refractivity contribution in [3.63, 3.8) is 0 Å². The fourth-order valence-corrected chi connectivity index (χ4v) is 2.59. The standard InChI is InChI=1S/C19H22N2O5/c1-13(12-26-19(22)25-4)17-11-15(7-10-18(17)21(23)24)14-5-8-16(9-6-14)20(2)3/h5-11,13H,12H2,1-4H3. The fraction of sp³-hybridized carbons (Fsp3) is 0.316. The monoisotopic (exact) mass is 358 g/mol. The van der Waals surface area contributed by atoms with E-state index < -0.39 is 11.1 Å². The number of methoxy groups -OCH3 is 1. The van der Waals surface area contributed by atoms with Gasteiger partial charge < -0.3 is 14.4 Å². The maximum Gasteiger partial charge on any atom is 0.507 e. The Kier molecular flexibility index (Phi) is 6.16. The maximum absolute atomic E-state index is 11.4. The summed E-state index contributed by atoms with van der Waals surface area (Å²) in [6.45, 7) is 1.76. The number of hydrogen-bond acceptors (Lipinski definition) is 6. The molecule has 0 aliphatic heterocycles. The van der Waals surface area contributed by atoms with Crippen LogP contribution >= 0.6 is 0 Å². The highest BCUT2D eigenvalue weighted by molar-refractivity contribution is 5.69. The SMILES string of the molecule is COC(=O)OCC(C)c1cc(-c2ccc(N(C)C)cc2)ccc1[N+](=O)[O-]. The average molecular weight is 358 g/mol. The van der Waals surface area contributed by atoms with Crippen LogP contribution in [0.2, 0.25) is 0 Å². The number of carbonyl (C=O) groups excluding carboxylic acids is 1. The van der Waals surface area contributed by atoms with Crippen LogP contribution in [0.25, 0.3) is 11.1 Å². The Morgan fingerprint density at radius 2 is 1.77 bits per heavy atom. The number of carbonyl (C=O) groups is 1. The first-order valence-electron chi connectivity index (χ1n) is 8.10. The largest absolute Gasteiger partial charge is 0.507 e. The summed E-state index contributed by atoms with van der Waals surface area (Å²) >= 11 is 0. The quantitative estimate of drug-likeness (QED) is 0.437. The molecule has 0 aliphatic rings. The summed E-state index contributed by atoms with van der Waals surface area (Å²) in [4.78, 5) is 24.1. The van der Waals surface area contributed by atoms with E-state index in [1.54, 1.807) is 19.1 Å². The molecule has 138 valence electrons. The van der Waals surface area contributed by atoms with Crippen LogP contribution in [0.15, 0.2) is 42.5 Å². The number of rotatable bonds is 6. The molecule has 0 bridgehead atoms. The van der Waals surface area contributed by atoms with E-state index in [2.05, 4.69) is 4.74 Å². The van der Waals surface area contributed by atoms with Crippen molar-refractivity contribution in [2.75, 3.05) is 32.7 Å². The first-order valence-corrected chi connectivity index (χ1v) is 8.10. The zero-order valence-electron chi connectivity index (χ0n) is 15.3. The van der Waals surface area contributed by atoms with E-state index >= 15 is 0 Å². The predicted octanol–water partition coefficient (Wildman–Crippen LogP) is 4.21. The minimum absolute atomic E-state index is 0.000345. The molecule has 0 amide bonds. The van der Waals surface area contributed by atoms with Crippen molar-refractivity contribution in [2.24, 2.45) is 0 Å². The van der Waals surface area contributed by atoms with Gasteiger partial charge in [0.2, 0.25) is 0 Å². The van der Waals surface area contributed by atoms with Crippen molar-refractivity contribution in [3.8, 4) is 11.1 Å². The number of benzene rings is 2. The summed E-state index contributed by atoms with van der Waals surface area (Å²) in [5.41, 5.74) is 3.39. The van der Waals surface area contributed by atoms with Gasteiger partial charge in [0, 0.05) is 37.3 Å². The molecule has 0 N–H and O–H groups in total. The highest BCUT2D eigenvalue weighted by Gasteiger charge is 2.21. The van der Waals surface area contributed by atoms with Crippen LogP contribution < -0.4 is 4.90 Å². The summed E-state index contributed by atoms with van der Waals surface area (Å²) in [5, 5.41) is 11.4. The van der Waals surface area contributed by atoms with E-state index in [-0.39, 0.29) is 18.2 Å². The molecule has 26 heavy (non-hydrogen) atoms. The Morgan fingerprint density at radius 1 is 1.15 bits per heavy atom. The molecule has 1 atom stereocenters. The van der Waals surface area contributed by atoms with E-state index in [0.29, 0.717) is 5.56 Å². The molecule has 2 rings (SSSR count). The molecular formula is C19H22N2O5. The molecule has 0 radical (unpaired) electrons. The predicted molar refractivity (Wildman–Crippen MR) is 99.6 cm³/mol. The normalized spacial score (nSPS) is 11.5. The summed E-state index contributed by atoms with van der Waals surface area (Å²) < 4.78 is 9.38. The first kappa shape index (κ1) is 19.2. The van der Waals surface area contributed by atoms with Crippen LogP contribution in [0.5, 0.6) is 0 Å². The molecule has 1 unspecified atom stereocenters. The Morgan fingerprint density at radius 3 is 2.31 bits per heavy atom. The van der Waals surface area contributed by atoms with Crippen molar-refractivity contribution in [2.45, 2.75) is 12.8 Å². The minimum atomic E-state index is -0.810. The van der Waals surface area contributed by atoms with Crippen molar-refractivity contribution in [3.05, 3.63) is 58.1 Å². The fourth-order valence-electron chi connectivity index (χ4n) is 2.59. The lowest BCUT2D eigenvalue weighted by atomic mass is 9.95. The molecule has 0 aliphatic carbocycles. The second kappa shape index (κ2) is 8.33. The Hall–Kier alpha value is -3.09. The van der Waals surface area contributed by atoms with Gasteiger partial charge in [0.25, 0.3) is 5.69 Å². The summed E-state index contributed by atoms with van der Waals surface area (Å²) in [6, 6.07) is 12.9. The van der Waals surface area contributed by atoms with Crippen LogP contribution in [0.4, 0.5) is 16.2 Å². The molecule has 0 saturated carbocycles. The third kappa shape index (κ3) is 4.50. The van der Waals surface area contributed by atoms with Gasteiger partial charge in [0.05, 0.1) is 12.0 Å². The molecule has 2 aromatic rings. The average Bonchev–Trinajstić information content (AvgIpc) is 2.65. The zero-order chi connectivity index (χ0) is 19.3. The highest BCUT2D eigenvalue weighted by Crippen LogP contribution is 2.32. The van der Waals surface area contributed by atoms with Crippen molar-refractivity contribution >= 4 is 17.5 Å². The third-order valence-electron chi connectivity index (χ3n) is 4.09. The van der Waals surface area contributed by atoms with Crippen LogP contribution in [0.1, 0.15) is 18.4 Å². The highest BCUT2D eigenvalue weighted by atomic mass is 16.7. The van der Waals surface area contributed by atoms with Crippen molar-refractivity contribution < 1.29 is 19.2 Å². The van der Waals surface area contributed by atoms with E-state index in [1.807, 2.05) is 43.3 Å². The van der Waals surface area contributed by atoms with Gasteiger partial charge in [-0.1, -0.05) is 19.1 Å². The smallest absolute Gasteiger partial charge is 0.438 e. The van der Waals surface area contributed by atoms with E-state index in [0.717, 1.165) is 16.8 Å². The summed E-state index contributed by atoms with van der Waals surface area (Å²) in [5.74, 6) is -0.351. The van der Waals surface area contributed by atoms with Crippen molar-refractivity contribution in [1.29, 1.82) is 0 Å². The third-order valence-corrected chi connectivity index (χ3v) is 4.09. The molecule has 0 spiro atoms. The number of nitrogens with zero attached hydrogens (tertiary/aromatic N) is 2. The molecule has 2 aromatic carbocycles. The number of anilines is 1. The Labute approximate surface area is 152 Å². The van der Waals surface area contributed by atoms with Gasteiger partial charge in [-0.3, -0.25) is 10.1 Å². The lowest BCUT2D eigenvalue weighted by molar-refractivity contribution is -0.385. The van der Waals surface area contributed by atoms with Gasteiger partial charge in [-0.2, -0.15) is 0 Å². The van der Waals surface area contributed by atoms with Gasteiger partial charge in [0.1, 0.15) is 6.61 Å². The lowest BCUT2D eigenvalue weighted by Gasteiger charge is -2.15. The molecule has 0 aromatic heterocycles. The Balaban J connectivity index is 2.35. The van der Waals surface area contributed by atoms with Crippen molar-refractivity contribution in [1.82, 2.24) is 0 Å². The van der Waals surface area contributed by atoms with Crippen LogP contribution in [0, 0.1) is 10.1 Å². The van der Waals surface area contributed by atoms with Gasteiger partial charge in [-0.25, -0.2) is 4.79 Å². The van der Waals surface area contributed by atoms with Gasteiger partial charge >= 0.3 is 6.16 Å². The first-order chi connectivity index (χ1) is 12.3. The van der Waals surface area contributed by atoms with Crippen LogP contribution in [-0.4, -0.2) is 38.9 Å². The number of nitro benzene ring substituents is 1. The number of nitro groups is 1. The van der Waals surface area contributed by atoms with E-state index in [9.17, 15) is 14.9 Å². The van der Waals surface area contributed by atoms with Gasteiger partial charge in [0.15, 0.2) is 0 Å². The molecule has 0 fully saturated rings. The molecular weight excluding hydrogens is 336 g/mol. The second-order valence-corrected chi connectivity index (χ2v) is 6.14. The summed E-state index contributed by atoms with van der Waals surface area (Å²) in [6.07, 6.45) is -0.810. The minimum Gasteiger partial charge on any atom is -0.438 e. The van der Waals surface area contributed by atoms with Gasteiger partial charge in [-0.15, -0.1) is 0 Å². The topological polar surface area (TPSA) is 81.9 Å². The maximum atomic E-state index is 11.4. The lowest BCUT2D eigenvalue weighted by Crippen LogP contribution is -2.12. The Bertz CT molecular complexity index is 787. The summed E-state index contributed by atoms with van der Waals surface area (Å²) in [7, 11) is 5.14. The van der Waals surface area contributed by atoms with E-state index in [1.165, 1.54) is 13.2 Å². The van der Waals surface area contributed by atoms with Gasteiger partial charge in [-0.05, 0) is 35.4 Å². The second-order valence-electron chi connectivity index (χ2n) is 6.14. The molecule has 7 nitrogen and oxygen atoms in total. The van der Waals surface area contributed by atoms with Crippen LogP contribution in [0.3, 0.4) is 0 Å². The van der Waals surface area contributed by atoms with Crippen LogP contribution in [-0.2, 0) is 9.47 Å². The zero-order valence-corrected chi connectivity index (χ0v) is 15.3. The number of ether oxygens (including phenoxy) is 2. The van der Waals surface area contributed by atoms with E-state index in [4.69, 9.17) is 4.74 Å². The molecule has 0 saturated heterocycles. The molecule has 7 heteroatoms. The number of hydrogen-bond donors (Lipinski definition) is 0. The molecule has 0 heterocycles.